The Labute approximate surface area is 121 Å². The van der Waals surface area contributed by atoms with Crippen molar-refractivity contribution in [2.75, 3.05) is 24.4 Å². The van der Waals surface area contributed by atoms with Crippen molar-refractivity contribution in [2.45, 2.75) is 18.0 Å². The molecule has 2 aromatic rings. The minimum absolute atomic E-state index is 0.605. The number of anilines is 2. The Balaban J connectivity index is 2.03. The summed E-state index contributed by atoms with van der Waals surface area (Å²) < 4.78 is 9.30. The zero-order valence-electron chi connectivity index (χ0n) is 11.0. The average molecular weight is 295 g/mol. The van der Waals surface area contributed by atoms with Crippen molar-refractivity contribution in [3.05, 3.63) is 35.4 Å². The fourth-order valence-electron chi connectivity index (χ4n) is 1.78. The van der Waals surface area contributed by atoms with E-state index in [2.05, 4.69) is 27.9 Å². The molecular formula is C13H17N3OS2. The van der Waals surface area contributed by atoms with Crippen molar-refractivity contribution in [1.29, 1.82) is 0 Å². The predicted octanol–water partition coefficient (Wildman–Crippen LogP) is 3.21. The van der Waals surface area contributed by atoms with Crippen molar-refractivity contribution >= 4 is 34.1 Å². The Morgan fingerprint density at radius 1 is 1.42 bits per heavy atom. The lowest BCUT2D eigenvalue weighted by atomic mass is 10.1. The van der Waals surface area contributed by atoms with Gasteiger partial charge in [0.25, 0.3) is 0 Å². The van der Waals surface area contributed by atoms with Gasteiger partial charge in [-0.1, -0.05) is 24.3 Å². The van der Waals surface area contributed by atoms with E-state index in [0.29, 0.717) is 12.4 Å². The molecule has 3 N–H and O–H groups in total. The first-order valence-corrected chi connectivity index (χ1v) is 7.84. The maximum Gasteiger partial charge on any atom is 0.153 e. The first-order chi connectivity index (χ1) is 9.24. The molecule has 0 unspecified atom stereocenters. The van der Waals surface area contributed by atoms with Crippen LogP contribution in [0.3, 0.4) is 0 Å². The van der Waals surface area contributed by atoms with E-state index in [4.69, 9.17) is 10.5 Å². The molecule has 4 nitrogen and oxygen atoms in total. The zero-order chi connectivity index (χ0) is 13.7. The van der Waals surface area contributed by atoms with Crippen LogP contribution in [0.15, 0.2) is 29.2 Å². The van der Waals surface area contributed by atoms with Crippen LogP contribution in [0.1, 0.15) is 11.1 Å². The standard InChI is InChI=1S/C13H17N3OS2/c1-17-8-10-5-3-4-9(6-10)7-15-13-11(18-2)12(14)16-19-13/h3-6,15H,7-8H2,1-2H3,(H2,14,16). The summed E-state index contributed by atoms with van der Waals surface area (Å²) in [5.74, 6) is 0.605. The number of nitrogens with zero attached hydrogens (tertiary/aromatic N) is 1. The quantitative estimate of drug-likeness (QED) is 0.801. The summed E-state index contributed by atoms with van der Waals surface area (Å²) >= 11 is 3.02. The molecule has 0 bridgehead atoms. The largest absolute Gasteiger partial charge is 0.382 e. The molecule has 0 aliphatic heterocycles. The van der Waals surface area contributed by atoms with E-state index in [0.717, 1.165) is 16.4 Å². The Bertz CT molecular complexity index is 542. The second kappa shape index (κ2) is 6.79. The number of ether oxygens (including phenoxy) is 1. The molecule has 0 aliphatic carbocycles. The maximum absolute atomic E-state index is 5.81. The molecule has 1 heterocycles. The van der Waals surface area contributed by atoms with Gasteiger partial charge in [-0.05, 0) is 28.9 Å². The summed E-state index contributed by atoms with van der Waals surface area (Å²) in [7, 11) is 1.70. The second-order valence-corrected chi connectivity index (χ2v) is 5.63. The highest BCUT2D eigenvalue weighted by molar-refractivity contribution is 7.99. The van der Waals surface area contributed by atoms with Crippen molar-refractivity contribution < 1.29 is 4.74 Å². The number of nitrogens with two attached hydrogens (primary N) is 1. The van der Waals surface area contributed by atoms with E-state index in [1.165, 1.54) is 22.7 Å². The molecule has 0 fully saturated rings. The number of hydrogen-bond acceptors (Lipinski definition) is 6. The monoisotopic (exact) mass is 295 g/mol. The predicted molar refractivity (Wildman–Crippen MR) is 82.8 cm³/mol. The van der Waals surface area contributed by atoms with Crippen LogP contribution >= 0.6 is 23.3 Å². The lowest BCUT2D eigenvalue weighted by Crippen LogP contribution is -2.00. The summed E-state index contributed by atoms with van der Waals surface area (Å²) in [6.45, 7) is 1.39. The average Bonchev–Trinajstić information content (AvgIpc) is 2.77. The lowest BCUT2D eigenvalue weighted by Gasteiger charge is -2.07. The van der Waals surface area contributed by atoms with Crippen molar-refractivity contribution in [3.8, 4) is 0 Å². The van der Waals surface area contributed by atoms with Crippen LogP contribution in [0.4, 0.5) is 10.8 Å². The number of rotatable bonds is 6. The van der Waals surface area contributed by atoms with E-state index >= 15 is 0 Å². The van der Waals surface area contributed by atoms with Crippen molar-refractivity contribution in [2.24, 2.45) is 0 Å². The van der Waals surface area contributed by atoms with Crippen LogP contribution < -0.4 is 11.1 Å². The van der Waals surface area contributed by atoms with Gasteiger partial charge in [0.2, 0.25) is 0 Å². The number of methoxy groups -OCH3 is 1. The Morgan fingerprint density at radius 2 is 2.21 bits per heavy atom. The highest BCUT2D eigenvalue weighted by atomic mass is 32.2. The smallest absolute Gasteiger partial charge is 0.153 e. The molecule has 1 aromatic heterocycles. The SMILES string of the molecule is COCc1cccc(CNc2snc(N)c2SC)c1. The first-order valence-electron chi connectivity index (χ1n) is 5.84. The van der Waals surface area contributed by atoms with E-state index in [1.54, 1.807) is 18.9 Å². The molecular weight excluding hydrogens is 278 g/mol. The van der Waals surface area contributed by atoms with E-state index < -0.39 is 0 Å². The third-order valence-corrected chi connectivity index (χ3v) is 4.40. The third kappa shape index (κ3) is 3.62. The zero-order valence-corrected chi connectivity index (χ0v) is 12.6. The van der Waals surface area contributed by atoms with Crippen LogP contribution in [0.25, 0.3) is 0 Å². The number of benzene rings is 1. The molecule has 19 heavy (non-hydrogen) atoms. The molecule has 0 spiro atoms. The van der Waals surface area contributed by atoms with E-state index in [-0.39, 0.29) is 0 Å². The summed E-state index contributed by atoms with van der Waals surface area (Å²) in [6.07, 6.45) is 2.00. The highest BCUT2D eigenvalue weighted by Crippen LogP contribution is 2.34. The Hall–Kier alpha value is -1.24. The van der Waals surface area contributed by atoms with Gasteiger partial charge in [0, 0.05) is 13.7 Å². The van der Waals surface area contributed by atoms with E-state index in [9.17, 15) is 0 Å². The Kier molecular flexibility index (Phi) is 5.07. The molecule has 0 saturated heterocycles. The Morgan fingerprint density at radius 3 is 2.95 bits per heavy atom. The van der Waals surface area contributed by atoms with E-state index in [1.807, 2.05) is 12.3 Å². The van der Waals surface area contributed by atoms with Crippen LogP contribution in [0.2, 0.25) is 0 Å². The van der Waals surface area contributed by atoms with Gasteiger partial charge in [0.05, 0.1) is 11.5 Å². The maximum atomic E-state index is 5.81. The number of nitrogen functional groups attached to an aromatic ring is 1. The topological polar surface area (TPSA) is 60.2 Å². The summed E-state index contributed by atoms with van der Waals surface area (Å²) in [5, 5.41) is 4.41. The highest BCUT2D eigenvalue weighted by Gasteiger charge is 2.09. The molecule has 2 rings (SSSR count). The van der Waals surface area contributed by atoms with Gasteiger partial charge in [-0.2, -0.15) is 4.37 Å². The van der Waals surface area contributed by atoms with Gasteiger partial charge < -0.3 is 15.8 Å². The minimum Gasteiger partial charge on any atom is -0.382 e. The number of aromatic nitrogens is 1. The van der Waals surface area contributed by atoms with Gasteiger partial charge in [-0.25, -0.2) is 0 Å². The molecule has 0 aliphatic rings. The van der Waals surface area contributed by atoms with Gasteiger partial charge in [-0.3, -0.25) is 0 Å². The number of thioether (sulfide) groups is 1. The molecule has 0 saturated carbocycles. The van der Waals surface area contributed by atoms with Crippen LogP contribution in [0, 0.1) is 0 Å². The fraction of sp³-hybridized carbons (Fsp3) is 0.308. The van der Waals surface area contributed by atoms with Gasteiger partial charge in [0.1, 0.15) is 5.00 Å². The summed E-state index contributed by atoms with van der Waals surface area (Å²) in [4.78, 5) is 1.03. The second-order valence-electron chi connectivity index (χ2n) is 4.04. The van der Waals surface area contributed by atoms with Crippen LogP contribution in [-0.2, 0) is 17.9 Å². The third-order valence-electron chi connectivity index (χ3n) is 2.63. The minimum atomic E-state index is 0.605. The van der Waals surface area contributed by atoms with Gasteiger partial charge in [-0.15, -0.1) is 11.8 Å². The first kappa shape index (κ1) is 14.2. The normalized spacial score (nSPS) is 10.6. The van der Waals surface area contributed by atoms with Crippen molar-refractivity contribution in [1.82, 2.24) is 4.37 Å². The lowest BCUT2D eigenvalue weighted by molar-refractivity contribution is 0.185. The summed E-state index contributed by atoms with van der Waals surface area (Å²) in [5.41, 5.74) is 8.20. The van der Waals surface area contributed by atoms with Crippen molar-refractivity contribution in [3.63, 3.8) is 0 Å². The van der Waals surface area contributed by atoms with Gasteiger partial charge in [0.15, 0.2) is 5.82 Å². The molecule has 1 aromatic carbocycles. The molecule has 0 amide bonds. The molecule has 0 radical (unpaired) electrons. The van der Waals surface area contributed by atoms with Crippen LogP contribution in [0.5, 0.6) is 0 Å². The fourth-order valence-corrected chi connectivity index (χ4v) is 3.32. The number of hydrogen-bond donors (Lipinski definition) is 2. The van der Waals surface area contributed by atoms with Gasteiger partial charge >= 0.3 is 0 Å². The van der Waals surface area contributed by atoms with Crippen LogP contribution in [-0.4, -0.2) is 17.7 Å². The molecule has 102 valence electrons. The molecule has 6 heteroatoms. The summed E-state index contributed by atoms with van der Waals surface area (Å²) in [6, 6.07) is 8.34. The number of nitrogens with one attached hydrogen (secondary N) is 1. The molecule has 0 atom stereocenters.